The summed E-state index contributed by atoms with van der Waals surface area (Å²) >= 11 is 3.79. The molecule has 1 saturated carbocycles. The fourth-order valence-corrected chi connectivity index (χ4v) is 2.10. The molecule has 1 rings (SSSR count). The molecule has 0 heterocycles. The van der Waals surface area contributed by atoms with Crippen molar-refractivity contribution in [2.45, 2.75) is 49.8 Å². The molecule has 0 nitrogen and oxygen atoms in total. The molecule has 0 N–H and O–H groups in total. The molecular formula is C8H15Br. The second-order valence-electron chi connectivity index (χ2n) is 3.07. The summed E-state index contributed by atoms with van der Waals surface area (Å²) in [6.07, 6.45) is 8.39. The van der Waals surface area contributed by atoms with Crippen LogP contribution in [0.4, 0.5) is 0 Å². The number of hydrogen-bond acceptors (Lipinski definition) is 0. The molecular weight excluding hydrogens is 176 g/mol. The van der Waals surface area contributed by atoms with E-state index in [1.807, 2.05) is 0 Å². The van der Waals surface area contributed by atoms with Gasteiger partial charge in [0.25, 0.3) is 0 Å². The summed E-state index contributed by atoms with van der Waals surface area (Å²) in [6.45, 7) is 2.28. The lowest BCUT2D eigenvalue weighted by Gasteiger charge is -2.29. The van der Waals surface area contributed by atoms with E-state index in [2.05, 4.69) is 22.9 Å². The summed E-state index contributed by atoms with van der Waals surface area (Å²) in [7, 11) is 0. The maximum atomic E-state index is 3.79. The minimum atomic E-state index is 0.533. The van der Waals surface area contributed by atoms with E-state index in [-0.39, 0.29) is 0 Å². The van der Waals surface area contributed by atoms with Gasteiger partial charge in [-0.15, -0.1) is 0 Å². The highest BCUT2D eigenvalue weighted by Crippen LogP contribution is 2.38. The van der Waals surface area contributed by atoms with Crippen molar-refractivity contribution in [2.75, 3.05) is 0 Å². The fourth-order valence-electron chi connectivity index (χ4n) is 1.54. The van der Waals surface area contributed by atoms with Crippen molar-refractivity contribution in [3.05, 3.63) is 0 Å². The average Bonchev–Trinajstić information content (AvgIpc) is 1.90. The lowest BCUT2D eigenvalue weighted by atomic mass is 9.87. The summed E-state index contributed by atoms with van der Waals surface area (Å²) in [6, 6.07) is 0. The van der Waals surface area contributed by atoms with Gasteiger partial charge in [-0.2, -0.15) is 0 Å². The Kier molecular flexibility index (Phi) is 2.57. The lowest BCUT2D eigenvalue weighted by Crippen LogP contribution is -2.22. The van der Waals surface area contributed by atoms with E-state index in [9.17, 15) is 0 Å². The van der Waals surface area contributed by atoms with Crippen LogP contribution in [0.15, 0.2) is 0 Å². The number of alkyl halides is 1. The molecule has 0 aromatic heterocycles. The van der Waals surface area contributed by atoms with E-state index in [1.165, 1.54) is 38.5 Å². The van der Waals surface area contributed by atoms with Gasteiger partial charge in [0.15, 0.2) is 0 Å². The maximum Gasteiger partial charge on any atom is 0.0255 e. The number of rotatable bonds is 1. The topological polar surface area (TPSA) is 0 Å². The van der Waals surface area contributed by atoms with Gasteiger partial charge in [0, 0.05) is 4.32 Å². The van der Waals surface area contributed by atoms with Crippen LogP contribution in [-0.4, -0.2) is 4.32 Å². The highest BCUT2D eigenvalue weighted by Gasteiger charge is 2.25. The van der Waals surface area contributed by atoms with Gasteiger partial charge in [-0.1, -0.05) is 42.1 Å². The molecule has 0 spiro atoms. The van der Waals surface area contributed by atoms with Crippen molar-refractivity contribution in [1.29, 1.82) is 0 Å². The minimum absolute atomic E-state index is 0.533. The highest BCUT2D eigenvalue weighted by atomic mass is 79.9. The molecule has 1 fully saturated rings. The zero-order valence-electron chi connectivity index (χ0n) is 6.12. The maximum absolute atomic E-state index is 3.79. The molecule has 1 aliphatic rings. The molecule has 0 amide bonds. The van der Waals surface area contributed by atoms with Gasteiger partial charge in [-0.25, -0.2) is 0 Å². The molecule has 0 atom stereocenters. The molecule has 0 radical (unpaired) electrons. The third kappa shape index (κ3) is 1.96. The summed E-state index contributed by atoms with van der Waals surface area (Å²) in [5.41, 5.74) is 0. The van der Waals surface area contributed by atoms with Crippen LogP contribution in [0.3, 0.4) is 0 Å². The second-order valence-corrected chi connectivity index (χ2v) is 4.75. The van der Waals surface area contributed by atoms with Crippen LogP contribution in [0.5, 0.6) is 0 Å². The Morgan fingerprint density at radius 2 is 1.78 bits per heavy atom. The van der Waals surface area contributed by atoms with Gasteiger partial charge < -0.3 is 0 Å². The van der Waals surface area contributed by atoms with E-state index < -0.39 is 0 Å². The Morgan fingerprint density at radius 3 is 2.11 bits per heavy atom. The first kappa shape index (κ1) is 7.59. The molecule has 0 aliphatic heterocycles. The fraction of sp³-hybridized carbons (Fsp3) is 1.00. The van der Waals surface area contributed by atoms with Crippen LogP contribution < -0.4 is 0 Å². The van der Waals surface area contributed by atoms with Gasteiger partial charge in [0.05, 0.1) is 0 Å². The van der Waals surface area contributed by atoms with E-state index in [1.54, 1.807) is 0 Å². The summed E-state index contributed by atoms with van der Waals surface area (Å²) < 4.78 is 0.533. The van der Waals surface area contributed by atoms with Crippen LogP contribution in [0, 0.1) is 0 Å². The quantitative estimate of drug-likeness (QED) is 0.556. The molecule has 0 bridgehead atoms. The molecule has 0 aromatic carbocycles. The molecule has 0 saturated heterocycles. The molecule has 1 heteroatoms. The Bertz CT molecular complexity index is 82.6. The van der Waals surface area contributed by atoms with Gasteiger partial charge in [-0.05, 0) is 19.3 Å². The zero-order valence-corrected chi connectivity index (χ0v) is 7.71. The molecule has 0 aromatic rings. The van der Waals surface area contributed by atoms with Crippen LogP contribution >= 0.6 is 15.9 Å². The second kappa shape index (κ2) is 3.05. The van der Waals surface area contributed by atoms with E-state index in [0.717, 1.165) is 0 Å². The van der Waals surface area contributed by atoms with Crippen LogP contribution in [0.1, 0.15) is 45.4 Å². The van der Waals surface area contributed by atoms with Gasteiger partial charge in [0.1, 0.15) is 0 Å². The monoisotopic (exact) mass is 190 g/mol. The van der Waals surface area contributed by atoms with Crippen LogP contribution in [-0.2, 0) is 0 Å². The van der Waals surface area contributed by atoms with Crippen molar-refractivity contribution in [3.8, 4) is 0 Å². The highest BCUT2D eigenvalue weighted by molar-refractivity contribution is 9.10. The Morgan fingerprint density at radius 1 is 1.22 bits per heavy atom. The smallest absolute Gasteiger partial charge is 0.0255 e. The van der Waals surface area contributed by atoms with Crippen molar-refractivity contribution in [3.63, 3.8) is 0 Å². The minimum Gasteiger partial charge on any atom is -0.0853 e. The van der Waals surface area contributed by atoms with Crippen LogP contribution in [0.25, 0.3) is 0 Å². The SMILES string of the molecule is CCC1(Br)CCCCC1. The van der Waals surface area contributed by atoms with E-state index in [4.69, 9.17) is 0 Å². The number of hydrogen-bond donors (Lipinski definition) is 0. The predicted octanol–water partition coefficient (Wildman–Crippen LogP) is 3.49. The van der Waals surface area contributed by atoms with Crippen molar-refractivity contribution in [1.82, 2.24) is 0 Å². The standard InChI is InChI=1S/C8H15Br/c1-2-8(9)6-4-3-5-7-8/h2-7H2,1H3. The largest absolute Gasteiger partial charge is 0.0853 e. The van der Waals surface area contributed by atoms with Gasteiger partial charge in [0.2, 0.25) is 0 Å². The van der Waals surface area contributed by atoms with E-state index in [0.29, 0.717) is 4.32 Å². The first-order chi connectivity index (χ1) is 4.27. The van der Waals surface area contributed by atoms with Crippen molar-refractivity contribution >= 4 is 15.9 Å². The molecule has 54 valence electrons. The van der Waals surface area contributed by atoms with Crippen molar-refractivity contribution in [2.24, 2.45) is 0 Å². The summed E-state index contributed by atoms with van der Waals surface area (Å²) in [5, 5.41) is 0. The third-order valence-corrected chi connectivity index (χ3v) is 3.74. The summed E-state index contributed by atoms with van der Waals surface area (Å²) in [4.78, 5) is 0. The van der Waals surface area contributed by atoms with E-state index >= 15 is 0 Å². The third-order valence-electron chi connectivity index (χ3n) is 2.38. The normalized spacial score (nSPS) is 26.0. The van der Waals surface area contributed by atoms with Crippen LogP contribution in [0.2, 0.25) is 0 Å². The molecule has 9 heavy (non-hydrogen) atoms. The van der Waals surface area contributed by atoms with Crippen molar-refractivity contribution < 1.29 is 0 Å². The number of halogens is 1. The Hall–Kier alpha value is 0.480. The van der Waals surface area contributed by atoms with Gasteiger partial charge in [-0.3, -0.25) is 0 Å². The first-order valence-electron chi connectivity index (χ1n) is 3.96. The summed E-state index contributed by atoms with van der Waals surface area (Å²) in [5.74, 6) is 0. The lowest BCUT2D eigenvalue weighted by molar-refractivity contribution is 0.396. The Balaban J connectivity index is 2.37. The molecule has 1 aliphatic carbocycles. The van der Waals surface area contributed by atoms with Gasteiger partial charge >= 0.3 is 0 Å². The first-order valence-corrected chi connectivity index (χ1v) is 4.75. The molecule has 0 unspecified atom stereocenters. The Labute approximate surface area is 66.2 Å². The average molecular weight is 191 g/mol. The predicted molar refractivity (Wildman–Crippen MR) is 45.0 cm³/mol. The zero-order chi connectivity index (χ0) is 6.74.